The molecule has 0 aliphatic rings. The molecule has 3 aromatic rings. The van der Waals surface area contributed by atoms with Gasteiger partial charge in [-0.05, 0) is 24.1 Å². The molecule has 0 atom stereocenters. The van der Waals surface area contributed by atoms with Gasteiger partial charge in [-0.1, -0.05) is 30.3 Å². The molecule has 2 N–H and O–H groups in total. The van der Waals surface area contributed by atoms with Gasteiger partial charge in [0.2, 0.25) is 0 Å². The van der Waals surface area contributed by atoms with Crippen molar-refractivity contribution in [3.8, 4) is 0 Å². The number of carbonyl (C=O) groups is 2. The molecule has 0 radical (unpaired) electrons. The number of para-hydroxylation sites is 1. The van der Waals surface area contributed by atoms with E-state index in [4.69, 9.17) is 9.90 Å². The van der Waals surface area contributed by atoms with Crippen LogP contribution in [-0.2, 0) is 17.8 Å². The summed E-state index contributed by atoms with van der Waals surface area (Å²) in [5, 5.41) is 28.0. The number of alkyl halides is 3. The van der Waals surface area contributed by atoms with Crippen molar-refractivity contribution in [1.29, 1.82) is 0 Å². The molecule has 8 nitrogen and oxygen atoms in total. The number of hydrogen-bond donors (Lipinski definition) is 2. The van der Waals surface area contributed by atoms with Gasteiger partial charge in [-0.2, -0.15) is 13.2 Å². The third-order valence-electron chi connectivity index (χ3n) is 4.04. The minimum Gasteiger partial charge on any atom is -0.477 e. The Balaban J connectivity index is 0.000000396. The molecule has 0 saturated heterocycles. The number of aromatic carboxylic acids is 1. The Kier molecular flexibility index (Phi) is 6.77. The van der Waals surface area contributed by atoms with Crippen LogP contribution in [-0.4, -0.2) is 37.8 Å². The second kappa shape index (κ2) is 9.07. The van der Waals surface area contributed by atoms with Crippen LogP contribution < -0.4 is 0 Å². The van der Waals surface area contributed by atoms with Gasteiger partial charge in [0.15, 0.2) is 0 Å². The fourth-order valence-electron chi connectivity index (χ4n) is 2.65. The van der Waals surface area contributed by atoms with Crippen molar-refractivity contribution in [3.05, 3.63) is 76.0 Å². The molecule has 0 saturated carbocycles. The van der Waals surface area contributed by atoms with Crippen molar-refractivity contribution >= 4 is 28.5 Å². The fourth-order valence-corrected chi connectivity index (χ4v) is 2.65. The van der Waals surface area contributed by atoms with E-state index >= 15 is 0 Å². The molecule has 0 aliphatic heterocycles. The largest absolute Gasteiger partial charge is 0.490 e. The number of carboxylic acids is 2. The van der Waals surface area contributed by atoms with Gasteiger partial charge >= 0.3 is 18.1 Å². The van der Waals surface area contributed by atoms with Crippen LogP contribution in [0.5, 0.6) is 0 Å². The number of fused-ring (bicyclic) bond motifs is 1. The van der Waals surface area contributed by atoms with E-state index in [1.165, 1.54) is 12.1 Å². The highest BCUT2D eigenvalue weighted by molar-refractivity contribution is 5.94. The summed E-state index contributed by atoms with van der Waals surface area (Å²) in [5.74, 6) is -3.72. The lowest BCUT2D eigenvalue weighted by Crippen LogP contribution is -2.21. The number of aryl methyl sites for hydroxylation is 2. The Bertz CT molecular complexity index is 1070. The molecule has 0 bridgehead atoms. The van der Waals surface area contributed by atoms with E-state index < -0.39 is 23.0 Å². The monoisotopic (exact) mass is 424 g/mol. The number of hydrogen-bond acceptors (Lipinski definition) is 4. The number of nitro benzene ring substituents is 1. The van der Waals surface area contributed by atoms with Crippen molar-refractivity contribution in [2.45, 2.75) is 19.1 Å². The molecular weight excluding hydrogens is 409 g/mol. The summed E-state index contributed by atoms with van der Waals surface area (Å²) in [6.07, 6.45) is -4.49. The molecule has 1 aromatic heterocycles. The Morgan fingerprint density at radius 1 is 1.03 bits per heavy atom. The number of nitro groups is 1. The van der Waals surface area contributed by atoms with E-state index in [-0.39, 0.29) is 11.4 Å². The molecule has 158 valence electrons. The van der Waals surface area contributed by atoms with E-state index in [1.807, 2.05) is 24.3 Å². The van der Waals surface area contributed by atoms with Gasteiger partial charge in [-0.15, -0.1) is 0 Å². The fraction of sp³-hybridized carbons (Fsp3) is 0.158. The second-order valence-corrected chi connectivity index (χ2v) is 6.02. The first-order valence-corrected chi connectivity index (χ1v) is 8.35. The summed E-state index contributed by atoms with van der Waals surface area (Å²) >= 11 is 0. The summed E-state index contributed by atoms with van der Waals surface area (Å²) < 4.78 is 33.5. The first-order valence-electron chi connectivity index (χ1n) is 8.35. The van der Waals surface area contributed by atoms with Crippen LogP contribution in [0, 0.1) is 10.1 Å². The highest BCUT2D eigenvalue weighted by Gasteiger charge is 2.38. The average molecular weight is 424 g/mol. The molecule has 3 rings (SSSR count). The molecule has 0 amide bonds. The van der Waals surface area contributed by atoms with Crippen molar-refractivity contribution in [2.75, 3.05) is 0 Å². The quantitative estimate of drug-likeness (QED) is 0.469. The highest BCUT2D eigenvalue weighted by Crippen LogP contribution is 2.21. The van der Waals surface area contributed by atoms with Gasteiger partial charge in [-0.25, -0.2) is 9.59 Å². The van der Waals surface area contributed by atoms with E-state index in [2.05, 4.69) is 0 Å². The minimum absolute atomic E-state index is 0.0476. The van der Waals surface area contributed by atoms with Crippen molar-refractivity contribution in [1.82, 2.24) is 4.57 Å². The molecule has 0 unspecified atom stereocenters. The summed E-state index contributed by atoms with van der Waals surface area (Å²) in [7, 11) is 0. The molecule has 0 aliphatic carbocycles. The van der Waals surface area contributed by atoms with Gasteiger partial charge in [0.25, 0.3) is 5.69 Å². The molecule has 1 heterocycles. The number of non-ortho nitro benzene ring substituents is 1. The lowest BCUT2D eigenvalue weighted by Gasteiger charge is -2.08. The molecule has 30 heavy (non-hydrogen) atoms. The maximum Gasteiger partial charge on any atom is 0.490 e. The third-order valence-corrected chi connectivity index (χ3v) is 4.04. The van der Waals surface area contributed by atoms with Crippen LogP contribution in [0.25, 0.3) is 10.9 Å². The summed E-state index contributed by atoms with van der Waals surface area (Å²) in [5.41, 5.74) is 2.08. The molecule has 0 spiro atoms. The topological polar surface area (TPSA) is 123 Å². The number of aromatic nitrogens is 1. The molecule has 0 fully saturated rings. The zero-order valence-corrected chi connectivity index (χ0v) is 15.2. The Morgan fingerprint density at radius 3 is 2.10 bits per heavy atom. The van der Waals surface area contributed by atoms with Gasteiger partial charge in [0.05, 0.1) is 4.92 Å². The summed E-state index contributed by atoms with van der Waals surface area (Å²) in [6, 6.07) is 15.5. The third kappa shape index (κ3) is 5.56. The van der Waals surface area contributed by atoms with Crippen molar-refractivity contribution in [2.24, 2.45) is 0 Å². The van der Waals surface area contributed by atoms with Gasteiger partial charge in [0, 0.05) is 29.6 Å². The summed E-state index contributed by atoms with van der Waals surface area (Å²) in [4.78, 5) is 30.5. The maximum atomic E-state index is 11.4. The number of aliphatic carboxylic acids is 1. The first kappa shape index (κ1) is 22.4. The Morgan fingerprint density at radius 2 is 1.60 bits per heavy atom. The van der Waals surface area contributed by atoms with E-state index in [1.54, 1.807) is 22.8 Å². The van der Waals surface area contributed by atoms with Gasteiger partial charge in [0.1, 0.15) is 5.69 Å². The predicted octanol–water partition coefficient (Wildman–Crippen LogP) is 4.12. The average Bonchev–Trinajstić information content (AvgIpc) is 3.05. The second-order valence-electron chi connectivity index (χ2n) is 6.02. The van der Waals surface area contributed by atoms with Crippen LogP contribution in [0.4, 0.5) is 18.9 Å². The molecular formula is C19H15F3N2O6. The highest BCUT2D eigenvalue weighted by atomic mass is 19.4. The lowest BCUT2D eigenvalue weighted by molar-refractivity contribution is -0.384. The zero-order chi connectivity index (χ0) is 22.5. The number of carboxylic acid groups (broad SMARTS) is 2. The van der Waals surface area contributed by atoms with Crippen molar-refractivity contribution < 1.29 is 37.9 Å². The molecule has 2 aromatic carbocycles. The normalized spacial score (nSPS) is 10.9. The maximum absolute atomic E-state index is 11.4. The molecule has 11 heteroatoms. The van der Waals surface area contributed by atoms with Crippen molar-refractivity contribution in [3.63, 3.8) is 0 Å². The van der Waals surface area contributed by atoms with Gasteiger partial charge in [-0.3, -0.25) is 10.1 Å². The van der Waals surface area contributed by atoms with Crippen LogP contribution in [0.1, 0.15) is 16.1 Å². The number of nitrogens with zero attached hydrogens (tertiary/aromatic N) is 2. The summed E-state index contributed by atoms with van der Waals surface area (Å²) in [6.45, 7) is 0.493. The number of benzene rings is 2. The van der Waals surface area contributed by atoms with Gasteiger partial charge < -0.3 is 14.8 Å². The smallest absolute Gasteiger partial charge is 0.477 e. The zero-order valence-electron chi connectivity index (χ0n) is 15.2. The SMILES string of the molecule is O=C(O)C(F)(F)F.O=C(O)c1cc2ccccc2n1CCc1ccc([N+](=O)[O-])cc1. The van der Waals surface area contributed by atoms with Crippen LogP contribution in [0.2, 0.25) is 0 Å². The number of rotatable bonds is 5. The van der Waals surface area contributed by atoms with E-state index in [0.717, 1.165) is 16.5 Å². The van der Waals surface area contributed by atoms with Crippen LogP contribution in [0.15, 0.2) is 54.6 Å². The van der Waals surface area contributed by atoms with Crippen LogP contribution in [0.3, 0.4) is 0 Å². The Labute approximate surface area is 166 Å². The number of halogens is 3. The van der Waals surface area contributed by atoms with Crippen LogP contribution >= 0.6 is 0 Å². The van der Waals surface area contributed by atoms with E-state index in [0.29, 0.717) is 13.0 Å². The lowest BCUT2D eigenvalue weighted by atomic mass is 10.1. The predicted molar refractivity (Wildman–Crippen MR) is 99.4 cm³/mol. The Hall–Kier alpha value is -3.89. The standard InChI is InChI=1S/C17H14N2O4.C2HF3O2/c20-17(21)16-11-13-3-1-2-4-15(13)18(16)10-9-12-5-7-14(8-6-12)19(22)23;3-2(4,5)1(6)7/h1-8,11H,9-10H2,(H,20,21);(H,6,7). The minimum atomic E-state index is -5.08. The van der Waals surface area contributed by atoms with E-state index in [9.17, 15) is 33.2 Å². The first-order chi connectivity index (χ1) is 14.0.